The summed E-state index contributed by atoms with van der Waals surface area (Å²) < 4.78 is 4.27. The van der Waals surface area contributed by atoms with E-state index < -0.39 is 19.6 Å². The fourth-order valence-corrected chi connectivity index (χ4v) is 12.0. The molecule has 1 aromatic carbocycles. The number of aliphatic hydroxyl groups excluding tert-OH is 1. The molecule has 0 aromatic heterocycles. The first kappa shape index (κ1) is 14.9. The van der Waals surface area contributed by atoms with Crippen molar-refractivity contribution in [1.29, 1.82) is 0 Å². The van der Waals surface area contributed by atoms with Crippen molar-refractivity contribution in [3.05, 3.63) is 30.3 Å². The van der Waals surface area contributed by atoms with E-state index in [0.717, 1.165) is 12.3 Å². The Bertz CT molecular complexity index is 470. The van der Waals surface area contributed by atoms with Crippen molar-refractivity contribution in [2.24, 2.45) is 16.7 Å². The zero-order chi connectivity index (χ0) is 14.4. The minimum absolute atomic E-state index is 0.0464. The van der Waals surface area contributed by atoms with Gasteiger partial charge in [0, 0.05) is 0 Å². The Labute approximate surface area is 130 Å². The number of hydrogen-bond acceptors (Lipinski definition) is 1. The fraction of sp³-hybridized carbons (Fsp3) is 0.667. The summed E-state index contributed by atoms with van der Waals surface area (Å²) in [4.78, 5) is 0. The Morgan fingerprint density at radius 3 is 2.45 bits per heavy atom. The zero-order valence-electron chi connectivity index (χ0n) is 12.9. The monoisotopic (exact) mass is 389 g/mol. The number of aliphatic hydroxyl groups is 1. The van der Waals surface area contributed by atoms with E-state index in [4.69, 9.17) is 0 Å². The van der Waals surface area contributed by atoms with Gasteiger partial charge in [-0.25, -0.2) is 0 Å². The van der Waals surface area contributed by atoms with Crippen LogP contribution in [0.3, 0.4) is 0 Å². The van der Waals surface area contributed by atoms with E-state index in [9.17, 15) is 5.11 Å². The maximum atomic E-state index is 10.7. The van der Waals surface area contributed by atoms with Gasteiger partial charge in [0.15, 0.2) is 0 Å². The summed E-state index contributed by atoms with van der Waals surface area (Å²) in [7, 11) is 0. The van der Waals surface area contributed by atoms with Crippen molar-refractivity contribution < 1.29 is 5.11 Å². The van der Waals surface area contributed by atoms with Crippen LogP contribution < -0.4 is 3.61 Å². The van der Waals surface area contributed by atoms with Crippen molar-refractivity contribution >= 4 is 23.2 Å². The quantitative estimate of drug-likeness (QED) is 0.784. The summed E-state index contributed by atoms with van der Waals surface area (Å²) in [5.41, 5.74) is 0.565. The summed E-state index contributed by atoms with van der Waals surface area (Å²) in [5.74, 6) is 0.755. The van der Waals surface area contributed by atoms with Crippen LogP contribution in [0.1, 0.15) is 40.0 Å². The van der Waals surface area contributed by atoms with Crippen LogP contribution in [0.4, 0.5) is 0 Å². The van der Waals surface area contributed by atoms with E-state index in [0.29, 0.717) is 5.41 Å². The van der Waals surface area contributed by atoms with Crippen LogP contribution in [0, 0.1) is 16.7 Å². The summed E-state index contributed by atoms with van der Waals surface area (Å²) in [6.45, 7) is 7.22. The van der Waals surface area contributed by atoms with Crippen LogP contribution in [0.25, 0.3) is 0 Å². The molecule has 2 aliphatic rings. The minimum atomic E-state index is -1.31. The van der Waals surface area contributed by atoms with Crippen molar-refractivity contribution in [3.8, 4) is 0 Å². The van der Waals surface area contributed by atoms with Crippen LogP contribution in [-0.2, 0) is 0 Å². The van der Waals surface area contributed by atoms with Gasteiger partial charge in [0.25, 0.3) is 0 Å². The van der Waals surface area contributed by atoms with E-state index in [2.05, 4.69) is 51.1 Å². The van der Waals surface area contributed by atoms with Gasteiger partial charge in [0.05, 0.1) is 0 Å². The summed E-state index contributed by atoms with van der Waals surface area (Å²) >= 11 is -1.31. The molecule has 0 aliphatic heterocycles. The average Bonchev–Trinajstić information content (AvgIpc) is 2.80. The topological polar surface area (TPSA) is 20.2 Å². The van der Waals surface area contributed by atoms with Gasteiger partial charge in [0.1, 0.15) is 0 Å². The van der Waals surface area contributed by atoms with Crippen LogP contribution in [0.5, 0.6) is 0 Å². The molecule has 1 aromatic rings. The predicted molar refractivity (Wildman–Crippen MR) is 86.7 cm³/mol. The molecular formula is C18H27OTe+. The number of fused-ring (bicyclic) bond motifs is 2. The normalized spacial score (nSPS) is 34.9. The molecule has 0 heterocycles. The van der Waals surface area contributed by atoms with E-state index in [-0.39, 0.29) is 11.5 Å². The van der Waals surface area contributed by atoms with Crippen LogP contribution >= 0.6 is 0 Å². The molecule has 3 rings (SSSR count). The average molecular weight is 387 g/mol. The molecule has 110 valence electrons. The summed E-state index contributed by atoms with van der Waals surface area (Å²) in [6.07, 6.45) is 3.61. The summed E-state index contributed by atoms with van der Waals surface area (Å²) in [6, 6.07) is 11.2. The molecule has 0 radical (unpaired) electrons. The Hall–Kier alpha value is -0.0304. The van der Waals surface area contributed by atoms with Crippen molar-refractivity contribution in [3.63, 3.8) is 0 Å². The van der Waals surface area contributed by atoms with Crippen molar-refractivity contribution in [2.45, 2.75) is 55.1 Å². The van der Waals surface area contributed by atoms with Gasteiger partial charge in [-0.05, 0) is 0 Å². The number of hydrogen-bond donors (Lipinski definition) is 1. The first-order valence-corrected chi connectivity index (χ1v) is 12.4. The molecule has 0 saturated heterocycles. The second kappa shape index (κ2) is 5.31. The van der Waals surface area contributed by atoms with Crippen molar-refractivity contribution in [1.82, 2.24) is 0 Å². The van der Waals surface area contributed by atoms with Gasteiger partial charge >= 0.3 is 130 Å². The number of rotatable bonds is 4. The molecule has 0 spiro atoms. The third-order valence-electron chi connectivity index (χ3n) is 6.25. The molecule has 2 fully saturated rings. The molecule has 3 atom stereocenters. The maximum absolute atomic E-state index is 10.7. The molecule has 20 heavy (non-hydrogen) atoms. The van der Waals surface area contributed by atoms with Crippen molar-refractivity contribution in [2.75, 3.05) is 0 Å². The molecule has 0 unspecified atom stereocenters. The second-order valence-electron chi connectivity index (χ2n) is 7.10. The van der Waals surface area contributed by atoms with Gasteiger partial charge in [-0.3, -0.25) is 0 Å². The van der Waals surface area contributed by atoms with Gasteiger partial charge in [0.2, 0.25) is 0 Å². The molecular weight excluding hydrogens is 360 g/mol. The predicted octanol–water partition coefficient (Wildman–Crippen LogP) is 3.60. The second-order valence-corrected chi connectivity index (χ2v) is 13.7. The van der Waals surface area contributed by atoms with Gasteiger partial charge in [-0.1, -0.05) is 0 Å². The molecule has 2 heteroatoms. The SMILES string of the molecule is CC[Te+](C[C@]12CC[C@H](C[C@H]1O)C2(C)C)c1ccccc1. The zero-order valence-corrected chi connectivity index (χ0v) is 15.3. The molecule has 2 bridgehead atoms. The third-order valence-corrected chi connectivity index (χ3v) is 13.4. The van der Waals surface area contributed by atoms with E-state index in [1.165, 1.54) is 21.8 Å². The van der Waals surface area contributed by atoms with E-state index in [1.807, 2.05) is 0 Å². The fourth-order valence-electron chi connectivity index (χ4n) is 4.66. The Balaban J connectivity index is 1.89. The van der Waals surface area contributed by atoms with Crippen LogP contribution in [0.15, 0.2) is 30.3 Å². The standard InChI is InChI=1S/C18H27OTe/c1-4-20(15-8-6-5-7-9-15)13-18-11-10-14(12-16(18)19)17(18,2)3/h5-9,14,16,19H,4,10-13H2,1-3H3/q+1/t14-,16-,18-/m1/s1. The molecule has 2 saturated carbocycles. The van der Waals surface area contributed by atoms with Gasteiger partial charge in [-0.15, -0.1) is 0 Å². The Morgan fingerprint density at radius 1 is 1.25 bits per heavy atom. The Morgan fingerprint density at radius 2 is 1.95 bits per heavy atom. The van der Waals surface area contributed by atoms with Gasteiger partial charge < -0.3 is 0 Å². The molecule has 2 aliphatic carbocycles. The van der Waals surface area contributed by atoms with Crippen LogP contribution in [-0.4, -0.2) is 30.8 Å². The Kier molecular flexibility index (Phi) is 3.95. The van der Waals surface area contributed by atoms with Crippen LogP contribution in [0.2, 0.25) is 8.94 Å². The van der Waals surface area contributed by atoms with Gasteiger partial charge in [-0.2, -0.15) is 0 Å². The molecule has 1 nitrogen and oxygen atoms in total. The third kappa shape index (κ3) is 2.07. The number of benzene rings is 1. The summed E-state index contributed by atoms with van der Waals surface area (Å²) in [5, 5.41) is 10.7. The van der Waals surface area contributed by atoms with E-state index >= 15 is 0 Å². The molecule has 0 amide bonds. The molecule has 1 N–H and O–H groups in total. The van der Waals surface area contributed by atoms with E-state index in [1.54, 1.807) is 3.61 Å². The first-order valence-electron chi connectivity index (χ1n) is 7.92. The first-order chi connectivity index (χ1) is 9.51.